The number of β-lactam (4-membered cyclic amide) rings is 1. The Hall–Kier alpha value is -1.41. The molecular weight excluding hydrogens is 254 g/mol. The van der Waals surface area contributed by atoms with Gasteiger partial charge in [0.25, 0.3) is 6.08 Å². The first-order chi connectivity index (χ1) is 7.93. The second-order valence-electron chi connectivity index (χ2n) is 3.59. The topological polar surface area (TPSA) is 83.6 Å². The molecule has 0 aromatic carbocycles. The van der Waals surface area contributed by atoms with Gasteiger partial charge < -0.3 is 15.7 Å². The lowest BCUT2D eigenvalue weighted by Gasteiger charge is -2.49. The number of rotatable bonds is 2. The van der Waals surface area contributed by atoms with Crippen molar-refractivity contribution in [2.24, 2.45) is 5.73 Å². The molecule has 0 radical (unpaired) electrons. The molecule has 1 fully saturated rings. The average Bonchev–Trinajstić information content (AvgIpc) is 2.26. The van der Waals surface area contributed by atoms with Gasteiger partial charge in [0.15, 0.2) is 6.04 Å². The summed E-state index contributed by atoms with van der Waals surface area (Å²) in [5.74, 6) is -1.88. The molecule has 0 spiro atoms. The highest BCUT2D eigenvalue weighted by molar-refractivity contribution is 8.03. The maximum absolute atomic E-state index is 12.2. The standard InChI is InChI=1S/C9H8F2N2O3S/c10-4(11)1-3-2-17-8-5(12)7(14)13(8)6(3)9(15)16/h1-2,5-6,8H,12H2,(H,15,16)/t5?,6?,8-/m1/s1. The van der Waals surface area contributed by atoms with Crippen molar-refractivity contribution >= 4 is 23.6 Å². The second-order valence-corrected chi connectivity index (χ2v) is 4.58. The molecule has 1 saturated heterocycles. The van der Waals surface area contributed by atoms with Gasteiger partial charge >= 0.3 is 5.97 Å². The third-order valence-electron chi connectivity index (χ3n) is 2.57. The SMILES string of the molecule is NC1C(=O)N2C(C(=O)O)C(C=C(F)F)=CS[C@H]12. The van der Waals surface area contributed by atoms with Crippen molar-refractivity contribution in [1.82, 2.24) is 4.90 Å². The first-order valence-corrected chi connectivity index (χ1v) is 5.56. The van der Waals surface area contributed by atoms with Crippen molar-refractivity contribution in [3.05, 3.63) is 23.1 Å². The van der Waals surface area contributed by atoms with E-state index in [1.807, 2.05) is 0 Å². The van der Waals surface area contributed by atoms with Gasteiger partial charge in [0.05, 0.1) is 0 Å². The molecule has 92 valence electrons. The fourth-order valence-electron chi connectivity index (χ4n) is 1.81. The van der Waals surface area contributed by atoms with Crippen LogP contribution in [0.25, 0.3) is 0 Å². The molecule has 2 aliphatic rings. The molecular formula is C9H8F2N2O3S. The Morgan fingerprint density at radius 3 is 2.76 bits per heavy atom. The fraction of sp³-hybridized carbons (Fsp3) is 0.333. The van der Waals surface area contributed by atoms with Crippen LogP contribution in [-0.2, 0) is 9.59 Å². The van der Waals surface area contributed by atoms with Crippen LogP contribution in [0.3, 0.4) is 0 Å². The Bertz CT molecular complexity index is 448. The largest absolute Gasteiger partial charge is 0.479 e. The minimum Gasteiger partial charge on any atom is -0.479 e. The van der Waals surface area contributed by atoms with Gasteiger partial charge in [-0.3, -0.25) is 4.79 Å². The van der Waals surface area contributed by atoms with Gasteiger partial charge in [0.1, 0.15) is 11.4 Å². The molecule has 17 heavy (non-hydrogen) atoms. The molecule has 0 bridgehead atoms. The highest BCUT2D eigenvalue weighted by Gasteiger charge is 2.53. The Morgan fingerprint density at radius 1 is 1.59 bits per heavy atom. The molecule has 0 aliphatic carbocycles. The van der Waals surface area contributed by atoms with Gasteiger partial charge in [-0.15, -0.1) is 11.8 Å². The van der Waals surface area contributed by atoms with Crippen molar-refractivity contribution in [3.8, 4) is 0 Å². The van der Waals surface area contributed by atoms with Crippen molar-refractivity contribution in [1.29, 1.82) is 0 Å². The number of aliphatic carboxylic acids is 1. The Morgan fingerprint density at radius 2 is 2.24 bits per heavy atom. The number of nitrogens with zero attached hydrogens (tertiary/aromatic N) is 1. The number of carbonyl (C=O) groups excluding carboxylic acids is 1. The summed E-state index contributed by atoms with van der Waals surface area (Å²) in [5, 5.41) is 9.82. The third-order valence-corrected chi connectivity index (χ3v) is 3.78. The van der Waals surface area contributed by atoms with Crippen LogP contribution in [0.4, 0.5) is 8.78 Å². The van der Waals surface area contributed by atoms with E-state index in [-0.39, 0.29) is 5.57 Å². The summed E-state index contributed by atoms with van der Waals surface area (Å²) in [6.07, 6.45) is -1.54. The summed E-state index contributed by atoms with van der Waals surface area (Å²) < 4.78 is 24.3. The van der Waals surface area contributed by atoms with Crippen LogP contribution in [0.1, 0.15) is 0 Å². The van der Waals surface area contributed by atoms with Crippen LogP contribution in [0.15, 0.2) is 23.1 Å². The summed E-state index contributed by atoms with van der Waals surface area (Å²) in [5.41, 5.74) is 5.38. The van der Waals surface area contributed by atoms with E-state index in [4.69, 9.17) is 10.8 Å². The molecule has 8 heteroatoms. The van der Waals surface area contributed by atoms with E-state index in [1.54, 1.807) is 0 Å². The highest BCUT2D eigenvalue weighted by Crippen LogP contribution is 2.39. The second kappa shape index (κ2) is 4.11. The van der Waals surface area contributed by atoms with E-state index in [2.05, 4.69) is 0 Å². The predicted octanol–water partition coefficient (Wildman–Crippen LogP) is 0.346. The van der Waals surface area contributed by atoms with Crippen molar-refractivity contribution in [2.75, 3.05) is 0 Å². The lowest BCUT2D eigenvalue weighted by atomic mass is 9.99. The lowest BCUT2D eigenvalue weighted by molar-refractivity contribution is -0.157. The Kier molecular flexibility index (Phi) is 2.92. The van der Waals surface area contributed by atoms with Crippen molar-refractivity contribution < 1.29 is 23.5 Å². The normalized spacial score (nSPS) is 31.2. The first-order valence-electron chi connectivity index (χ1n) is 4.62. The van der Waals surface area contributed by atoms with E-state index in [0.717, 1.165) is 16.7 Å². The van der Waals surface area contributed by atoms with Gasteiger partial charge in [-0.1, -0.05) is 0 Å². The fourth-order valence-corrected chi connectivity index (χ4v) is 2.94. The van der Waals surface area contributed by atoms with Gasteiger partial charge in [-0.25, -0.2) is 4.79 Å². The highest BCUT2D eigenvalue weighted by atomic mass is 32.2. The van der Waals surface area contributed by atoms with Crippen LogP contribution in [0.2, 0.25) is 0 Å². The maximum atomic E-state index is 12.2. The Balaban J connectivity index is 2.35. The number of carbonyl (C=O) groups is 2. The number of halogens is 2. The zero-order valence-electron chi connectivity index (χ0n) is 8.34. The number of carboxylic acids is 1. The van der Waals surface area contributed by atoms with E-state index >= 15 is 0 Å². The van der Waals surface area contributed by atoms with Crippen LogP contribution in [0.5, 0.6) is 0 Å². The molecule has 0 aromatic rings. The van der Waals surface area contributed by atoms with E-state index in [0.29, 0.717) is 6.08 Å². The van der Waals surface area contributed by atoms with E-state index < -0.39 is 35.4 Å². The third kappa shape index (κ3) is 1.83. The van der Waals surface area contributed by atoms with Crippen LogP contribution in [-0.4, -0.2) is 39.3 Å². The first kappa shape index (κ1) is 12.1. The summed E-state index contributed by atoms with van der Waals surface area (Å²) in [7, 11) is 0. The molecule has 0 aromatic heterocycles. The summed E-state index contributed by atoms with van der Waals surface area (Å²) in [4.78, 5) is 23.5. The lowest BCUT2D eigenvalue weighted by Crippen LogP contribution is -2.72. The van der Waals surface area contributed by atoms with Gasteiger partial charge in [0, 0.05) is 6.08 Å². The number of carboxylic acid groups (broad SMARTS) is 1. The van der Waals surface area contributed by atoms with Crippen molar-refractivity contribution in [3.63, 3.8) is 0 Å². The molecule has 5 nitrogen and oxygen atoms in total. The number of hydrogen-bond donors (Lipinski definition) is 2. The zero-order valence-corrected chi connectivity index (χ0v) is 9.16. The number of thioether (sulfide) groups is 1. The van der Waals surface area contributed by atoms with E-state index in [1.165, 1.54) is 5.41 Å². The summed E-state index contributed by atoms with van der Waals surface area (Å²) in [6, 6.07) is -2.14. The minimum absolute atomic E-state index is 0.112. The average molecular weight is 262 g/mol. The molecule has 3 N–H and O–H groups in total. The van der Waals surface area contributed by atoms with Crippen LogP contribution < -0.4 is 5.73 Å². The number of nitrogens with two attached hydrogens (primary N) is 1. The zero-order chi connectivity index (χ0) is 12.7. The van der Waals surface area contributed by atoms with Gasteiger partial charge in [0.2, 0.25) is 5.91 Å². The smallest absolute Gasteiger partial charge is 0.331 e. The minimum atomic E-state index is -2.00. The molecule has 0 saturated carbocycles. The van der Waals surface area contributed by atoms with Gasteiger partial charge in [-0.2, -0.15) is 8.78 Å². The summed E-state index contributed by atoms with van der Waals surface area (Å²) in [6.45, 7) is 0. The molecule has 2 rings (SSSR count). The summed E-state index contributed by atoms with van der Waals surface area (Å²) >= 11 is 1.07. The van der Waals surface area contributed by atoms with Gasteiger partial charge in [-0.05, 0) is 11.0 Å². The quantitative estimate of drug-likeness (QED) is 0.701. The van der Waals surface area contributed by atoms with Crippen molar-refractivity contribution in [2.45, 2.75) is 17.5 Å². The molecule has 2 heterocycles. The molecule has 3 atom stereocenters. The number of hydrogen-bond acceptors (Lipinski definition) is 4. The molecule has 2 unspecified atom stereocenters. The maximum Gasteiger partial charge on any atom is 0.331 e. The monoisotopic (exact) mass is 262 g/mol. The van der Waals surface area contributed by atoms with E-state index in [9.17, 15) is 18.4 Å². The van der Waals surface area contributed by atoms with Crippen LogP contribution >= 0.6 is 11.8 Å². The Labute approximate surface area is 98.9 Å². The predicted molar refractivity (Wildman–Crippen MR) is 56.0 cm³/mol. The molecule has 1 amide bonds. The number of amides is 1. The number of fused-ring (bicyclic) bond motifs is 1. The van der Waals surface area contributed by atoms with Crippen LogP contribution in [0, 0.1) is 0 Å². The molecule has 2 aliphatic heterocycles.